The van der Waals surface area contributed by atoms with E-state index in [0.29, 0.717) is 18.5 Å². The van der Waals surface area contributed by atoms with E-state index in [0.717, 1.165) is 6.42 Å². The predicted molar refractivity (Wildman–Crippen MR) is 47.5 cm³/mol. The molecule has 0 aromatic heterocycles. The summed E-state index contributed by atoms with van der Waals surface area (Å²) < 4.78 is 12.6. The molecule has 0 fully saturated rings. The zero-order valence-corrected chi connectivity index (χ0v) is 7.52. The van der Waals surface area contributed by atoms with Gasteiger partial charge in [0.25, 0.3) is 0 Å². The zero-order chi connectivity index (χ0) is 8.69. The van der Waals surface area contributed by atoms with Crippen LogP contribution in [0.25, 0.3) is 0 Å². The molecule has 0 atom stereocenters. The van der Waals surface area contributed by atoms with Crippen LogP contribution in [-0.4, -0.2) is 6.21 Å². The maximum Gasteiger partial charge on any atom is 0.122 e. The molecular weight excluding hydrogens is 141 g/mol. The van der Waals surface area contributed by atoms with Crippen LogP contribution in [0.4, 0.5) is 4.39 Å². The van der Waals surface area contributed by atoms with Gasteiger partial charge in [0.15, 0.2) is 0 Å². The van der Waals surface area contributed by atoms with Crippen molar-refractivity contribution in [3.05, 3.63) is 11.5 Å². The van der Waals surface area contributed by atoms with E-state index < -0.39 is 0 Å². The fraction of sp³-hybridized carbons (Fsp3) is 0.667. The minimum atomic E-state index is -0.0278. The second-order valence-electron chi connectivity index (χ2n) is 2.06. The Labute approximate surface area is 68.0 Å². The summed E-state index contributed by atoms with van der Waals surface area (Å²) in [6, 6.07) is 0. The summed E-state index contributed by atoms with van der Waals surface area (Å²) in [7, 11) is 0. The van der Waals surface area contributed by atoms with Gasteiger partial charge in [-0.15, -0.1) is 0 Å². The van der Waals surface area contributed by atoms with Gasteiger partial charge < -0.3 is 0 Å². The van der Waals surface area contributed by atoms with Crippen LogP contribution in [0.1, 0.15) is 40.0 Å². The Kier molecular flexibility index (Phi) is 5.71. The third kappa shape index (κ3) is 3.30. The van der Waals surface area contributed by atoms with Crippen LogP contribution in [0.3, 0.4) is 0 Å². The Balaban J connectivity index is 0.000000461. The minimum Gasteiger partial charge on any atom is -0.263 e. The Morgan fingerprint density at radius 1 is 1.55 bits per heavy atom. The molecule has 1 aliphatic heterocycles. The monoisotopic (exact) mass is 157 g/mol. The second kappa shape index (κ2) is 6.08. The third-order valence-corrected chi connectivity index (χ3v) is 1.39. The van der Waals surface area contributed by atoms with Gasteiger partial charge in [-0.05, 0) is 12.8 Å². The number of halogens is 1. The number of hydrogen-bond donors (Lipinski definition) is 0. The normalized spacial score (nSPS) is 16.0. The number of hydrogen-bond acceptors (Lipinski definition) is 1. The van der Waals surface area contributed by atoms with Crippen molar-refractivity contribution in [3.63, 3.8) is 0 Å². The molecule has 1 rings (SSSR count). The lowest BCUT2D eigenvalue weighted by molar-refractivity contribution is 0.571. The molecule has 0 bridgehead atoms. The van der Waals surface area contributed by atoms with Gasteiger partial charge in [0.2, 0.25) is 0 Å². The number of nitrogens with zero attached hydrogens (tertiary/aromatic N) is 1. The van der Waals surface area contributed by atoms with E-state index >= 15 is 0 Å². The van der Waals surface area contributed by atoms with Crippen LogP contribution in [0.5, 0.6) is 0 Å². The summed E-state index contributed by atoms with van der Waals surface area (Å²) in [5.74, 6) is -0.0278. The van der Waals surface area contributed by atoms with Crippen LogP contribution in [0, 0.1) is 0 Å². The maximum absolute atomic E-state index is 12.6. The van der Waals surface area contributed by atoms with Crippen LogP contribution < -0.4 is 0 Å². The molecule has 0 unspecified atom stereocenters. The highest BCUT2D eigenvalue weighted by molar-refractivity contribution is 5.61. The zero-order valence-electron chi connectivity index (χ0n) is 7.52. The summed E-state index contributed by atoms with van der Waals surface area (Å²) in [5.41, 5.74) is 0.626. The van der Waals surface area contributed by atoms with Crippen LogP contribution in [0.15, 0.2) is 16.5 Å². The Hall–Kier alpha value is -0.660. The number of allylic oxidation sites excluding steroid dienone is 2. The summed E-state index contributed by atoms with van der Waals surface area (Å²) in [6.45, 7) is 5.91. The van der Waals surface area contributed by atoms with Crippen LogP contribution in [0.2, 0.25) is 0 Å². The molecule has 0 saturated heterocycles. The summed E-state index contributed by atoms with van der Waals surface area (Å²) in [6.07, 6.45) is 3.80. The average molecular weight is 157 g/mol. The molecule has 0 radical (unpaired) electrons. The summed E-state index contributed by atoms with van der Waals surface area (Å²) >= 11 is 0. The molecule has 0 aromatic carbocycles. The first-order chi connectivity index (χ1) is 5.34. The predicted octanol–water partition coefficient (Wildman–Crippen LogP) is 3.47. The lowest BCUT2D eigenvalue weighted by atomic mass is 10.2. The molecule has 0 saturated carbocycles. The van der Waals surface area contributed by atoms with Crippen molar-refractivity contribution in [1.29, 1.82) is 0 Å². The fourth-order valence-corrected chi connectivity index (χ4v) is 0.863. The Bertz CT molecular complexity index is 159. The van der Waals surface area contributed by atoms with Gasteiger partial charge in [0, 0.05) is 12.6 Å². The van der Waals surface area contributed by atoms with Crippen molar-refractivity contribution in [1.82, 2.24) is 0 Å². The molecule has 0 spiro atoms. The molecule has 1 heterocycles. The van der Waals surface area contributed by atoms with Crippen LogP contribution in [-0.2, 0) is 0 Å². The first-order valence-corrected chi connectivity index (χ1v) is 4.24. The van der Waals surface area contributed by atoms with E-state index in [4.69, 9.17) is 0 Å². The minimum absolute atomic E-state index is 0.0278. The van der Waals surface area contributed by atoms with Gasteiger partial charge >= 0.3 is 0 Å². The van der Waals surface area contributed by atoms with Gasteiger partial charge in [-0.3, -0.25) is 4.99 Å². The molecule has 0 aromatic rings. The SMILES string of the molecule is CC.CCC1=C(F)CCC=N1. The van der Waals surface area contributed by atoms with Crippen molar-refractivity contribution in [2.24, 2.45) is 4.99 Å². The van der Waals surface area contributed by atoms with Gasteiger partial charge in [0.1, 0.15) is 5.83 Å². The van der Waals surface area contributed by atoms with Gasteiger partial charge in [-0.1, -0.05) is 20.8 Å². The maximum atomic E-state index is 12.6. The molecule has 0 aliphatic carbocycles. The molecule has 0 N–H and O–H groups in total. The van der Waals surface area contributed by atoms with Crippen molar-refractivity contribution >= 4 is 6.21 Å². The summed E-state index contributed by atoms with van der Waals surface area (Å²) in [4.78, 5) is 3.91. The van der Waals surface area contributed by atoms with Gasteiger partial charge in [-0.25, -0.2) is 4.39 Å². The topological polar surface area (TPSA) is 12.4 Å². The molecule has 64 valence electrons. The first kappa shape index (κ1) is 10.3. The molecule has 0 amide bonds. The van der Waals surface area contributed by atoms with E-state index in [9.17, 15) is 4.39 Å². The average Bonchev–Trinajstić information content (AvgIpc) is 2.09. The third-order valence-electron chi connectivity index (χ3n) is 1.39. The molecule has 11 heavy (non-hydrogen) atoms. The highest BCUT2D eigenvalue weighted by atomic mass is 19.1. The van der Waals surface area contributed by atoms with E-state index in [1.165, 1.54) is 0 Å². The highest BCUT2D eigenvalue weighted by Crippen LogP contribution is 2.19. The van der Waals surface area contributed by atoms with E-state index in [1.54, 1.807) is 6.21 Å². The molecule has 2 heteroatoms. The van der Waals surface area contributed by atoms with E-state index in [-0.39, 0.29) is 5.83 Å². The smallest absolute Gasteiger partial charge is 0.122 e. The van der Waals surface area contributed by atoms with Crippen molar-refractivity contribution in [2.75, 3.05) is 0 Å². The Morgan fingerprint density at radius 2 is 2.18 bits per heavy atom. The largest absolute Gasteiger partial charge is 0.263 e. The molecular formula is C9H16FN. The lowest BCUT2D eigenvalue weighted by Crippen LogP contribution is -1.91. The van der Waals surface area contributed by atoms with E-state index in [1.807, 2.05) is 20.8 Å². The van der Waals surface area contributed by atoms with Crippen LogP contribution >= 0.6 is 0 Å². The summed E-state index contributed by atoms with van der Waals surface area (Å²) in [5, 5.41) is 0. The Morgan fingerprint density at radius 3 is 2.55 bits per heavy atom. The quantitative estimate of drug-likeness (QED) is 0.552. The van der Waals surface area contributed by atoms with Crippen molar-refractivity contribution in [3.8, 4) is 0 Å². The standard InChI is InChI=1S/C7H10FN.C2H6/c1-2-7-6(8)4-3-5-9-7;1-2/h5H,2-4H2,1H3;1-2H3. The van der Waals surface area contributed by atoms with Crippen molar-refractivity contribution in [2.45, 2.75) is 40.0 Å². The molecule has 1 aliphatic rings. The first-order valence-electron chi connectivity index (χ1n) is 4.24. The van der Waals surface area contributed by atoms with Gasteiger partial charge in [0.05, 0.1) is 5.70 Å². The molecule has 1 nitrogen and oxygen atoms in total. The van der Waals surface area contributed by atoms with E-state index in [2.05, 4.69) is 4.99 Å². The van der Waals surface area contributed by atoms with Crippen molar-refractivity contribution < 1.29 is 4.39 Å². The highest BCUT2D eigenvalue weighted by Gasteiger charge is 2.05. The number of aliphatic imine (C=N–C) groups is 1. The lowest BCUT2D eigenvalue weighted by Gasteiger charge is -2.04. The second-order valence-corrected chi connectivity index (χ2v) is 2.06. The fourth-order valence-electron chi connectivity index (χ4n) is 0.863. The number of rotatable bonds is 1. The van der Waals surface area contributed by atoms with Gasteiger partial charge in [-0.2, -0.15) is 0 Å².